The predicted molar refractivity (Wildman–Crippen MR) is 74.0 cm³/mol. The summed E-state index contributed by atoms with van der Waals surface area (Å²) in [6.45, 7) is 4.24. The van der Waals surface area contributed by atoms with Crippen molar-refractivity contribution in [3.05, 3.63) is 11.6 Å². The zero-order valence-electron chi connectivity index (χ0n) is 11.3. The molecule has 98 valence electrons. The van der Waals surface area contributed by atoms with Crippen molar-refractivity contribution < 1.29 is 0 Å². The predicted octanol–water partition coefficient (Wildman–Crippen LogP) is 2.98. The third kappa shape index (κ3) is 2.92. The van der Waals surface area contributed by atoms with Gasteiger partial charge in [0.2, 0.25) is 0 Å². The fraction of sp³-hybridized carbons (Fsp3) is 0.867. The highest BCUT2D eigenvalue weighted by atomic mass is 15.0. The average molecular weight is 236 g/mol. The molecule has 0 aromatic rings. The summed E-state index contributed by atoms with van der Waals surface area (Å²) in [5.74, 6) is 0.796. The van der Waals surface area contributed by atoms with Gasteiger partial charge in [0.15, 0.2) is 0 Å². The van der Waals surface area contributed by atoms with Crippen molar-refractivity contribution in [2.75, 3.05) is 13.1 Å². The molecule has 2 aliphatic rings. The summed E-state index contributed by atoms with van der Waals surface area (Å²) >= 11 is 0. The van der Waals surface area contributed by atoms with Gasteiger partial charge in [0, 0.05) is 12.1 Å². The molecule has 0 radical (unpaired) electrons. The molecule has 1 saturated carbocycles. The van der Waals surface area contributed by atoms with Gasteiger partial charge in [-0.3, -0.25) is 0 Å². The van der Waals surface area contributed by atoms with E-state index >= 15 is 0 Å². The van der Waals surface area contributed by atoms with Crippen LogP contribution in [0, 0.1) is 5.92 Å². The molecule has 2 rings (SSSR count). The Labute approximate surface area is 106 Å². The minimum absolute atomic E-state index is 0.258. The lowest BCUT2D eigenvalue weighted by molar-refractivity contribution is 0.247. The zero-order valence-corrected chi connectivity index (χ0v) is 11.3. The smallest absolute Gasteiger partial charge is 0.0332 e. The zero-order chi connectivity index (χ0) is 12.1. The number of hydrogen-bond acceptors (Lipinski definition) is 2. The Morgan fingerprint density at radius 2 is 2.35 bits per heavy atom. The molecule has 2 atom stereocenters. The first kappa shape index (κ1) is 13.1. The molecular weight excluding hydrogens is 208 g/mol. The fourth-order valence-corrected chi connectivity index (χ4v) is 3.75. The van der Waals surface area contributed by atoms with Crippen molar-refractivity contribution in [3.63, 3.8) is 0 Å². The third-order valence-electron chi connectivity index (χ3n) is 4.87. The summed E-state index contributed by atoms with van der Waals surface area (Å²) in [4.78, 5) is 0. The van der Waals surface area contributed by atoms with E-state index in [1.54, 1.807) is 5.57 Å². The number of hydrogen-bond donors (Lipinski definition) is 2. The van der Waals surface area contributed by atoms with Gasteiger partial charge in [-0.05, 0) is 51.0 Å². The fourth-order valence-electron chi connectivity index (χ4n) is 3.75. The van der Waals surface area contributed by atoms with Gasteiger partial charge in [0.25, 0.3) is 0 Å². The molecule has 0 heterocycles. The van der Waals surface area contributed by atoms with Gasteiger partial charge in [-0.15, -0.1) is 0 Å². The van der Waals surface area contributed by atoms with Crippen LogP contribution in [-0.4, -0.2) is 18.6 Å². The monoisotopic (exact) mass is 236 g/mol. The average Bonchev–Trinajstić information content (AvgIpc) is 2.98. The summed E-state index contributed by atoms with van der Waals surface area (Å²) in [5.41, 5.74) is 7.97. The Morgan fingerprint density at radius 3 is 3.00 bits per heavy atom. The lowest BCUT2D eigenvalue weighted by Crippen LogP contribution is -2.54. The van der Waals surface area contributed by atoms with Gasteiger partial charge >= 0.3 is 0 Å². The van der Waals surface area contributed by atoms with E-state index in [1.165, 1.54) is 51.4 Å². The maximum absolute atomic E-state index is 6.05. The van der Waals surface area contributed by atoms with Gasteiger partial charge in [0.05, 0.1) is 0 Å². The van der Waals surface area contributed by atoms with E-state index in [-0.39, 0.29) is 5.54 Å². The SMILES string of the molecule is CCC1CCCC1(CN)NCCC1=CCCC1. The molecule has 2 nitrogen and oxygen atoms in total. The second-order valence-electron chi connectivity index (χ2n) is 5.79. The van der Waals surface area contributed by atoms with Crippen LogP contribution in [0.15, 0.2) is 11.6 Å². The van der Waals surface area contributed by atoms with E-state index in [2.05, 4.69) is 18.3 Å². The van der Waals surface area contributed by atoms with Gasteiger partial charge in [-0.1, -0.05) is 31.4 Å². The van der Waals surface area contributed by atoms with Gasteiger partial charge < -0.3 is 11.1 Å². The molecule has 0 amide bonds. The highest BCUT2D eigenvalue weighted by molar-refractivity contribution is 5.08. The van der Waals surface area contributed by atoms with Crippen molar-refractivity contribution in [1.29, 1.82) is 0 Å². The first-order valence-electron chi connectivity index (χ1n) is 7.44. The molecule has 0 aromatic carbocycles. The van der Waals surface area contributed by atoms with Crippen LogP contribution in [0.4, 0.5) is 0 Å². The second-order valence-corrected chi connectivity index (χ2v) is 5.79. The molecule has 0 saturated heterocycles. The van der Waals surface area contributed by atoms with Gasteiger partial charge in [-0.2, -0.15) is 0 Å². The van der Waals surface area contributed by atoms with Crippen LogP contribution in [0.2, 0.25) is 0 Å². The molecule has 2 heteroatoms. The largest absolute Gasteiger partial charge is 0.329 e. The molecule has 2 unspecified atom stereocenters. The summed E-state index contributed by atoms with van der Waals surface area (Å²) in [7, 11) is 0. The highest BCUT2D eigenvalue weighted by Gasteiger charge is 2.39. The number of nitrogens with two attached hydrogens (primary N) is 1. The summed E-state index contributed by atoms with van der Waals surface area (Å²) < 4.78 is 0. The Balaban J connectivity index is 1.82. The van der Waals surface area contributed by atoms with Gasteiger partial charge in [-0.25, -0.2) is 0 Å². The summed E-state index contributed by atoms with van der Waals surface area (Å²) in [6.07, 6.45) is 12.9. The van der Waals surface area contributed by atoms with E-state index in [4.69, 9.17) is 5.73 Å². The summed E-state index contributed by atoms with van der Waals surface area (Å²) in [5, 5.41) is 3.81. The van der Waals surface area contributed by atoms with Gasteiger partial charge in [0.1, 0.15) is 0 Å². The van der Waals surface area contributed by atoms with Crippen LogP contribution < -0.4 is 11.1 Å². The van der Waals surface area contributed by atoms with Crippen molar-refractivity contribution in [2.45, 2.75) is 63.8 Å². The van der Waals surface area contributed by atoms with E-state index in [9.17, 15) is 0 Å². The second kappa shape index (κ2) is 6.01. The molecular formula is C15H28N2. The molecule has 2 aliphatic carbocycles. The Bertz CT molecular complexity index is 272. The number of rotatable bonds is 6. The third-order valence-corrected chi connectivity index (χ3v) is 4.87. The maximum Gasteiger partial charge on any atom is 0.0332 e. The molecule has 1 fully saturated rings. The standard InChI is InChI=1S/C15H28N2/c1-2-14-8-5-10-15(14,12-16)17-11-9-13-6-3-4-7-13/h6,14,17H,2-5,7-12,16H2,1H3. The van der Waals surface area contributed by atoms with E-state index in [0.717, 1.165) is 19.0 Å². The quantitative estimate of drug-likeness (QED) is 0.696. The lowest BCUT2D eigenvalue weighted by atomic mass is 9.85. The topological polar surface area (TPSA) is 38.0 Å². The van der Waals surface area contributed by atoms with E-state index < -0.39 is 0 Å². The van der Waals surface area contributed by atoms with Crippen LogP contribution in [0.5, 0.6) is 0 Å². The normalized spacial score (nSPS) is 33.1. The first-order chi connectivity index (χ1) is 8.30. The minimum atomic E-state index is 0.258. The molecule has 17 heavy (non-hydrogen) atoms. The maximum atomic E-state index is 6.05. The van der Waals surface area contributed by atoms with Crippen molar-refractivity contribution in [3.8, 4) is 0 Å². The van der Waals surface area contributed by atoms with Crippen molar-refractivity contribution in [1.82, 2.24) is 5.32 Å². The first-order valence-corrected chi connectivity index (χ1v) is 7.44. The van der Waals surface area contributed by atoms with Crippen LogP contribution >= 0.6 is 0 Å². The van der Waals surface area contributed by atoms with Crippen LogP contribution in [0.1, 0.15) is 58.3 Å². The number of allylic oxidation sites excluding steroid dienone is 1. The van der Waals surface area contributed by atoms with Crippen LogP contribution in [0.25, 0.3) is 0 Å². The van der Waals surface area contributed by atoms with E-state index in [0.29, 0.717) is 0 Å². The minimum Gasteiger partial charge on any atom is -0.329 e. The summed E-state index contributed by atoms with van der Waals surface area (Å²) in [6, 6.07) is 0. The Morgan fingerprint density at radius 1 is 1.47 bits per heavy atom. The van der Waals surface area contributed by atoms with Crippen molar-refractivity contribution >= 4 is 0 Å². The van der Waals surface area contributed by atoms with Crippen LogP contribution in [-0.2, 0) is 0 Å². The van der Waals surface area contributed by atoms with Crippen LogP contribution in [0.3, 0.4) is 0 Å². The Hall–Kier alpha value is -0.340. The molecule has 0 aromatic heterocycles. The molecule has 3 N–H and O–H groups in total. The molecule has 0 bridgehead atoms. The highest BCUT2D eigenvalue weighted by Crippen LogP contribution is 2.37. The van der Waals surface area contributed by atoms with E-state index in [1.807, 2.05) is 0 Å². The Kier molecular flexibility index (Phi) is 4.63. The molecule has 0 aliphatic heterocycles. The van der Waals surface area contributed by atoms with Crippen molar-refractivity contribution in [2.24, 2.45) is 11.7 Å². The molecule has 0 spiro atoms. The number of nitrogens with one attached hydrogen (secondary N) is 1. The lowest BCUT2D eigenvalue weighted by Gasteiger charge is -2.35.